The maximum absolute atomic E-state index is 4.65. The van der Waals surface area contributed by atoms with E-state index in [2.05, 4.69) is 74.0 Å². The normalized spacial score (nSPS) is 19.3. The molecule has 1 N–H and O–H groups in total. The van der Waals surface area contributed by atoms with Crippen molar-refractivity contribution in [1.29, 1.82) is 0 Å². The topological polar surface area (TPSA) is 56.7 Å². The Hall–Kier alpha value is -3.51. The lowest BCUT2D eigenvalue weighted by Crippen LogP contribution is -2.60. The van der Waals surface area contributed by atoms with Gasteiger partial charge in [0.25, 0.3) is 0 Å². The molecule has 6 rings (SSSR count). The van der Waals surface area contributed by atoms with Crippen LogP contribution in [0.2, 0.25) is 0 Å². The van der Waals surface area contributed by atoms with Crippen LogP contribution in [0.4, 0.5) is 11.6 Å². The summed E-state index contributed by atoms with van der Waals surface area (Å²) < 4.78 is 0. The van der Waals surface area contributed by atoms with Gasteiger partial charge in [0.2, 0.25) is 0 Å². The minimum absolute atomic E-state index is 0.480. The largest absolute Gasteiger partial charge is 0.355 e. The first-order valence-electron chi connectivity index (χ1n) is 12.0. The molecule has 2 aromatic heterocycles. The standard InChI is InChI=1S/C28H30N6/c1-20(21-6-10-30-27(15-21)34-18-28(19-34)7-11-33(2)12-8-28)32-26-14-25-13-22(24-5-9-29-16-24)3-4-23(25)17-31-26/h3-4,6,9-10,13-17H,1,5,7-8,11-12,18-19H2,2H3,(H,31,32). The van der Waals surface area contributed by atoms with Gasteiger partial charge in [-0.25, -0.2) is 9.97 Å². The highest BCUT2D eigenvalue weighted by atomic mass is 15.3. The van der Waals surface area contributed by atoms with Crippen LogP contribution in [0.3, 0.4) is 0 Å². The van der Waals surface area contributed by atoms with Gasteiger partial charge in [-0.1, -0.05) is 18.7 Å². The first-order valence-corrected chi connectivity index (χ1v) is 12.0. The van der Waals surface area contributed by atoms with E-state index in [0.29, 0.717) is 5.41 Å². The third-order valence-electron chi connectivity index (χ3n) is 7.54. The van der Waals surface area contributed by atoms with Crippen molar-refractivity contribution in [2.75, 3.05) is 43.4 Å². The number of fused-ring (bicyclic) bond motifs is 1. The van der Waals surface area contributed by atoms with Gasteiger partial charge in [-0.15, -0.1) is 0 Å². The van der Waals surface area contributed by atoms with E-state index < -0.39 is 0 Å². The van der Waals surface area contributed by atoms with Crippen molar-refractivity contribution in [3.05, 3.63) is 72.7 Å². The number of aliphatic imine (C=N–C) groups is 1. The van der Waals surface area contributed by atoms with E-state index in [-0.39, 0.29) is 0 Å². The average Bonchev–Trinajstić information content (AvgIpc) is 3.38. The molecule has 0 radical (unpaired) electrons. The molecule has 0 amide bonds. The quantitative estimate of drug-likeness (QED) is 0.589. The minimum atomic E-state index is 0.480. The fraction of sp³-hybridized carbons (Fsp3) is 0.321. The lowest BCUT2D eigenvalue weighted by molar-refractivity contribution is 0.0900. The third kappa shape index (κ3) is 3.99. The molecular formula is C28H30N6. The molecule has 0 saturated carbocycles. The number of rotatable bonds is 5. The van der Waals surface area contributed by atoms with Crippen molar-refractivity contribution >= 4 is 39.9 Å². The van der Waals surface area contributed by atoms with Gasteiger partial charge < -0.3 is 15.1 Å². The summed E-state index contributed by atoms with van der Waals surface area (Å²) in [5.41, 5.74) is 4.80. The zero-order chi connectivity index (χ0) is 23.1. The molecule has 0 aliphatic carbocycles. The molecule has 0 unspecified atom stereocenters. The Bertz CT molecular complexity index is 1310. The van der Waals surface area contributed by atoms with Crippen LogP contribution in [-0.2, 0) is 0 Å². The van der Waals surface area contributed by atoms with Crippen LogP contribution in [0.5, 0.6) is 0 Å². The van der Waals surface area contributed by atoms with Crippen molar-refractivity contribution in [3.8, 4) is 0 Å². The molecule has 3 aliphatic rings. The molecule has 0 atom stereocenters. The van der Waals surface area contributed by atoms with Crippen LogP contribution in [0.25, 0.3) is 22.0 Å². The van der Waals surface area contributed by atoms with Crippen LogP contribution < -0.4 is 10.2 Å². The number of anilines is 2. The van der Waals surface area contributed by atoms with Gasteiger partial charge in [0, 0.05) is 66.4 Å². The lowest BCUT2D eigenvalue weighted by Gasteiger charge is -2.54. The highest BCUT2D eigenvalue weighted by molar-refractivity contribution is 5.91. The second-order valence-electron chi connectivity index (χ2n) is 9.99. The fourth-order valence-corrected chi connectivity index (χ4v) is 5.29. The molecule has 0 bridgehead atoms. The first-order chi connectivity index (χ1) is 16.6. The second-order valence-corrected chi connectivity index (χ2v) is 9.99. The molecule has 34 heavy (non-hydrogen) atoms. The number of likely N-dealkylation sites (tertiary alicyclic amines) is 1. The number of nitrogens with one attached hydrogen (secondary N) is 1. The van der Waals surface area contributed by atoms with E-state index >= 15 is 0 Å². The molecule has 3 aliphatic heterocycles. The monoisotopic (exact) mass is 450 g/mol. The van der Waals surface area contributed by atoms with Crippen LogP contribution >= 0.6 is 0 Å². The maximum atomic E-state index is 4.65. The number of nitrogens with zero attached hydrogens (tertiary/aromatic N) is 5. The van der Waals surface area contributed by atoms with Gasteiger partial charge in [0.05, 0.1) is 0 Å². The summed E-state index contributed by atoms with van der Waals surface area (Å²) in [6, 6.07) is 12.7. The number of pyridine rings is 2. The smallest absolute Gasteiger partial charge is 0.130 e. The van der Waals surface area contributed by atoms with Gasteiger partial charge in [0.1, 0.15) is 11.6 Å². The van der Waals surface area contributed by atoms with Crippen LogP contribution in [-0.4, -0.2) is 54.3 Å². The molecule has 2 saturated heterocycles. The summed E-state index contributed by atoms with van der Waals surface area (Å²) in [5, 5.41) is 5.67. The zero-order valence-electron chi connectivity index (χ0n) is 19.7. The fourth-order valence-electron chi connectivity index (χ4n) is 5.29. The van der Waals surface area contributed by atoms with Gasteiger partial charge in [-0.3, -0.25) is 4.99 Å². The predicted octanol–water partition coefficient (Wildman–Crippen LogP) is 5.06. The Kier molecular flexibility index (Phi) is 5.18. The van der Waals surface area contributed by atoms with Crippen LogP contribution in [0.15, 0.2) is 66.6 Å². The van der Waals surface area contributed by atoms with E-state index in [9.17, 15) is 0 Å². The molecule has 6 nitrogen and oxygen atoms in total. The van der Waals surface area contributed by atoms with Gasteiger partial charge in [0.15, 0.2) is 0 Å². The summed E-state index contributed by atoms with van der Waals surface area (Å²) in [4.78, 5) is 18.3. The van der Waals surface area contributed by atoms with Crippen molar-refractivity contribution in [1.82, 2.24) is 14.9 Å². The number of hydrogen-bond donors (Lipinski definition) is 1. The van der Waals surface area contributed by atoms with Crippen molar-refractivity contribution in [2.45, 2.75) is 19.3 Å². The summed E-state index contributed by atoms with van der Waals surface area (Å²) in [5.74, 6) is 1.83. The molecule has 172 valence electrons. The SMILES string of the molecule is C=C(Nc1cc2cc(C3=CN=CC3)ccc2cn1)c1ccnc(N2CC3(CCN(C)CC3)C2)c1. The zero-order valence-corrected chi connectivity index (χ0v) is 19.7. The number of piperidine rings is 1. The Balaban J connectivity index is 1.16. The van der Waals surface area contributed by atoms with Crippen LogP contribution in [0.1, 0.15) is 30.4 Å². The molecule has 1 spiro atoms. The highest BCUT2D eigenvalue weighted by Crippen LogP contribution is 2.42. The Labute approximate surface area is 200 Å². The third-order valence-corrected chi connectivity index (χ3v) is 7.54. The average molecular weight is 451 g/mol. The van der Waals surface area contributed by atoms with E-state index in [4.69, 9.17) is 0 Å². The number of benzene rings is 1. The van der Waals surface area contributed by atoms with E-state index in [1.807, 2.05) is 30.9 Å². The first kappa shape index (κ1) is 21.1. The Morgan fingerprint density at radius 2 is 1.88 bits per heavy atom. The lowest BCUT2D eigenvalue weighted by atomic mass is 9.72. The van der Waals surface area contributed by atoms with Gasteiger partial charge >= 0.3 is 0 Å². The van der Waals surface area contributed by atoms with Crippen molar-refractivity contribution in [2.24, 2.45) is 10.4 Å². The second kappa shape index (κ2) is 8.37. The van der Waals surface area contributed by atoms with Gasteiger partial charge in [-0.2, -0.15) is 0 Å². The number of allylic oxidation sites excluding steroid dienone is 1. The molecule has 6 heteroatoms. The van der Waals surface area contributed by atoms with Crippen LogP contribution in [0, 0.1) is 5.41 Å². The molecule has 1 aromatic carbocycles. The Morgan fingerprint density at radius 1 is 1.03 bits per heavy atom. The summed E-state index contributed by atoms with van der Waals surface area (Å²) >= 11 is 0. The van der Waals surface area contributed by atoms with Crippen molar-refractivity contribution in [3.63, 3.8) is 0 Å². The minimum Gasteiger partial charge on any atom is -0.355 e. The summed E-state index contributed by atoms with van der Waals surface area (Å²) in [6.45, 7) is 8.90. The summed E-state index contributed by atoms with van der Waals surface area (Å²) in [7, 11) is 2.22. The Morgan fingerprint density at radius 3 is 2.68 bits per heavy atom. The molecule has 2 fully saturated rings. The van der Waals surface area contributed by atoms with E-state index in [0.717, 1.165) is 53.2 Å². The number of hydrogen-bond acceptors (Lipinski definition) is 6. The van der Waals surface area contributed by atoms with E-state index in [1.165, 1.54) is 37.1 Å². The predicted molar refractivity (Wildman–Crippen MR) is 141 cm³/mol. The van der Waals surface area contributed by atoms with Crippen molar-refractivity contribution < 1.29 is 0 Å². The number of aromatic nitrogens is 2. The highest BCUT2D eigenvalue weighted by Gasteiger charge is 2.44. The summed E-state index contributed by atoms with van der Waals surface area (Å²) in [6.07, 6.45) is 11.1. The molecule has 3 aromatic rings. The van der Waals surface area contributed by atoms with Gasteiger partial charge in [-0.05, 0) is 73.8 Å². The maximum Gasteiger partial charge on any atom is 0.130 e. The molecule has 5 heterocycles. The van der Waals surface area contributed by atoms with E-state index in [1.54, 1.807) is 0 Å². The molecular weight excluding hydrogens is 420 g/mol.